The number of aryl methyl sites for hydroxylation is 2. The van der Waals surface area contributed by atoms with Crippen molar-refractivity contribution < 1.29 is 9.21 Å². The van der Waals surface area contributed by atoms with Crippen molar-refractivity contribution in [2.75, 3.05) is 18.0 Å². The molecule has 3 heterocycles. The van der Waals surface area contributed by atoms with E-state index in [9.17, 15) is 4.79 Å². The molecule has 1 atom stereocenters. The van der Waals surface area contributed by atoms with Gasteiger partial charge in [0.15, 0.2) is 5.78 Å². The first-order chi connectivity index (χ1) is 10.7. The Kier molecular flexibility index (Phi) is 4.57. The highest BCUT2D eigenvalue weighted by Gasteiger charge is 2.30. The predicted octanol–water partition coefficient (Wildman–Crippen LogP) is 3.49. The second-order valence-corrected chi connectivity index (χ2v) is 6.73. The Morgan fingerprint density at radius 3 is 3.09 bits per heavy atom. The van der Waals surface area contributed by atoms with Gasteiger partial charge >= 0.3 is 6.01 Å². The maximum absolute atomic E-state index is 12.7. The second kappa shape index (κ2) is 6.60. The van der Waals surface area contributed by atoms with E-state index in [0.717, 1.165) is 42.7 Å². The van der Waals surface area contributed by atoms with E-state index in [0.29, 0.717) is 18.5 Å². The molecule has 0 aromatic carbocycles. The Labute approximate surface area is 134 Å². The first kappa shape index (κ1) is 15.2. The summed E-state index contributed by atoms with van der Waals surface area (Å²) in [7, 11) is 0. The van der Waals surface area contributed by atoms with Crippen molar-refractivity contribution in [2.24, 2.45) is 5.92 Å². The predicted molar refractivity (Wildman–Crippen MR) is 86.6 cm³/mol. The number of rotatable bonds is 5. The average Bonchev–Trinajstić information content (AvgIpc) is 3.16. The van der Waals surface area contributed by atoms with Gasteiger partial charge in [0, 0.05) is 25.4 Å². The highest BCUT2D eigenvalue weighted by Crippen LogP contribution is 2.27. The van der Waals surface area contributed by atoms with Crippen molar-refractivity contribution in [2.45, 2.75) is 39.5 Å². The van der Waals surface area contributed by atoms with Crippen molar-refractivity contribution in [1.29, 1.82) is 0 Å². The lowest BCUT2D eigenvalue weighted by molar-refractivity contribution is 0.0910. The van der Waals surface area contributed by atoms with Crippen LogP contribution in [0.15, 0.2) is 15.9 Å². The van der Waals surface area contributed by atoms with Gasteiger partial charge in [0.1, 0.15) is 0 Å². The van der Waals surface area contributed by atoms with Gasteiger partial charge in [-0.2, -0.15) is 0 Å². The first-order valence-corrected chi connectivity index (χ1v) is 8.72. The van der Waals surface area contributed by atoms with Crippen molar-refractivity contribution >= 4 is 23.1 Å². The van der Waals surface area contributed by atoms with Crippen LogP contribution < -0.4 is 4.90 Å². The number of ketones is 1. The molecule has 5 nitrogen and oxygen atoms in total. The largest absolute Gasteiger partial charge is 0.408 e. The van der Waals surface area contributed by atoms with Crippen LogP contribution in [0.5, 0.6) is 0 Å². The fraction of sp³-hybridized carbons (Fsp3) is 0.562. The van der Waals surface area contributed by atoms with Gasteiger partial charge in [0.2, 0.25) is 5.89 Å². The molecule has 22 heavy (non-hydrogen) atoms. The van der Waals surface area contributed by atoms with Gasteiger partial charge in [-0.05, 0) is 43.2 Å². The third-order valence-corrected chi connectivity index (χ3v) is 5.10. The van der Waals surface area contributed by atoms with Crippen LogP contribution >= 0.6 is 11.3 Å². The van der Waals surface area contributed by atoms with Crippen LogP contribution in [0.4, 0.5) is 6.01 Å². The van der Waals surface area contributed by atoms with Gasteiger partial charge in [0.05, 0.1) is 4.88 Å². The molecule has 118 valence electrons. The van der Waals surface area contributed by atoms with E-state index in [2.05, 4.69) is 22.0 Å². The number of hydrogen-bond acceptors (Lipinski definition) is 6. The van der Waals surface area contributed by atoms with Crippen LogP contribution in [0.25, 0.3) is 0 Å². The summed E-state index contributed by atoms with van der Waals surface area (Å²) in [5.41, 5.74) is 1.08. The van der Waals surface area contributed by atoms with E-state index in [-0.39, 0.29) is 11.7 Å². The number of carbonyl (C=O) groups is 1. The number of thiophene rings is 1. The Bertz CT molecular complexity index is 649. The standard InChI is InChI=1S/C16H21N3O2S/c1-3-5-13-17-18-16(21-13)19-8-4-6-12(10-19)14(20)15-11(2)7-9-22-15/h7,9,12H,3-6,8,10H2,1-2H3/t12-/m0/s1. The molecule has 0 amide bonds. The van der Waals surface area contributed by atoms with E-state index >= 15 is 0 Å². The minimum absolute atomic E-state index is 0.0209. The molecule has 1 saturated heterocycles. The topological polar surface area (TPSA) is 59.2 Å². The smallest absolute Gasteiger partial charge is 0.318 e. The number of carbonyl (C=O) groups excluding carboxylic acids is 1. The normalized spacial score (nSPS) is 18.6. The van der Waals surface area contributed by atoms with Crippen LogP contribution in [0, 0.1) is 12.8 Å². The van der Waals surface area contributed by atoms with E-state index < -0.39 is 0 Å². The molecule has 0 bridgehead atoms. The third kappa shape index (κ3) is 3.06. The minimum atomic E-state index is 0.0209. The SMILES string of the molecule is CCCc1nnc(N2CCC[C@H](C(=O)c3sccc3C)C2)o1. The lowest BCUT2D eigenvalue weighted by atomic mass is 9.92. The summed E-state index contributed by atoms with van der Waals surface area (Å²) in [6, 6.07) is 2.57. The maximum atomic E-state index is 12.7. The van der Waals surface area contributed by atoms with Crippen molar-refractivity contribution in [1.82, 2.24) is 10.2 Å². The molecule has 1 aliphatic rings. The van der Waals surface area contributed by atoms with E-state index in [1.165, 1.54) is 11.3 Å². The van der Waals surface area contributed by atoms with E-state index in [1.807, 2.05) is 18.4 Å². The summed E-state index contributed by atoms with van der Waals surface area (Å²) in [6.07, 6.45) is 3.70. The zero-order chi connectivity index (χ0) is 15.5. The highest BCUT2D eigenvalue weighted by molar-refractivity contribution is 7.12. The molecule has 0 radical (unpaired) electrons. The summed E-state index contributed by atoms with van der Waals surface area (Å²) in [5, 5.41) is 10.2. The Morgan fingerprint density at radius 2 is 2.36 bits per heavy atom. The van der Waals surface area contributed by atoms with Crippen LogP contribution in [0.1, 0.15) is 47.3 Å². The fourth-order valence-corrected chi connectivity index (χ4v) is 3.81. The second-order valence-electron chi connectivity index (χ2n) is 5.81. The zero-order valence-electron chi connectivity index (χ0n) is 13.0. The molecular weight excluding hydrogens is 298 g/mol. The molecule has 0 saturated carbocycles. The molecule has 1 aliphatic heterocycles. The van der Waals surface area contributed by atoms with E-state index in [1.54, 1.807) is 0 Å². The summed E-state index contributed by atoms with van der Waals surface area (Å²) >= 11 is 1.54. The monoisotopic (exact) mass is 319 g/mol. The number of anilines is 1. The van der Waals surface area contributed by atoms with Crippen LogP contribution in [0.3, 0.4) is 0 Å². The van der Waals surface area contributed by atoms with Crippen LogP contribution in [-0.2, 0) is 6.42 Å². The Hall–Kier alpha value is -1.69. The van der Waals surface area contributed by atoms with Crippen LogP contribution in [0.2, 0.25) is 0 Å². The Morgan fingerprint density at radius 1 is 1.50 bits per heavy atom. The fourth-order valence-electron chi connectivity index (χ4n) is 2.86. The first-order valence-electron chi connectivity index (χ1n) is 7.84. The number of nitrogens with zero attached hydrogens (tertiary/aromatic N) is 3. The van der Waals surface area contributed by atoms with Gasteiger partial charge in [-0.25, -0.2) is 0 Å². The van der Waals surface area contributed by atoms with Gasteiger partial charge in [-0.15, -0.1) is 16.4 Å². The lowest BCUT2D eigenvalue weighted by Crippen LogP contribution is -2.39. The molecule has 1 fully saturated rings. The Balaban J connectivity index is 1.71. The summed E-state index contributed by atoms with van der Waals surface area (Å²) in [5.74, 6) is 0.957. The summed E-state index contributed by atoms with van der Waals surface area (Å²) in [6.45, 7) is 5.63. The highest BCUT2D eigenvalue weighted by atomic mass is 32.1. The summed E-state index contributed by atoms with van der Waals surface area (Å²) in [4.78, 5) is 15.6. The van der Waals surface area contributed by atoms with Gasteiger partial charge in [-0.3, -0.25) is 4.79 Å². The van der Waals surface area contributed by atoms with Crippen LogP contribution in [-0.4, -0.2) is 29.1 Å². The molecule has 3 rings (SSSR count). The number of piperidine rings is 1. The van der Waals surface area contributed by atoms with Gasteiger partial charge < -0.3 is 9.32 Å². The van der Waals surface area contributed by atoms with Crippen molar-refractivity contribution in [3.05, 3.63) is 27.8 Å². The molecule has 0 spiro atoms. The lowest BCUT2D eigenvalue weighted by Gasteiger charge is -2.30. The molecule has 6 heteroatoms. The third-order valence-electron chi connectivity index (χ3n) is 4.07. The number of Topliss-reactive ketones (excluding diaryl/α,β-unsaturated/α-hetero) is 1. The average molecular weight is 319 g/mol. The molecule has 0 unspecified atom stereocenters. The van der Waals surface area contributed by atoms with Gasteiger partial charge in [-0.1, -0.05) is 12.0 Å². The molecular formula is C16H21N3O2S. The van der Waals surface area contributed by atoms with Gasteiger partial charge in [0.25, 0.3) is 0 Å². The van der Waals surface area contributed by atoms with Crippen molar-refractivity contribution in [3.8, 4) is 0 Å². The molecule has 2 aromatic rings. The minimum Gasteiger partial charge on any atom is -0.408 e. The van der Waals surface area contributed by atoms with E-state index in [4.69, 9.17) is 4.42 Å². The zero-order valence-corrected chi connectivity index (χ0v) is 13.9. The number of aromatic nitrogens is 2. The summed E-state index contributed by atoms with van der Waals surface area (Å²) < 4.78 is 5.70. The molecule has 0 N–H and O–H groups in total. The maximum Gasteiger partial charge on any atom is 0.318 e. The van der Waals surface area contributed by atoms with Crippen molar-refractivity contribution in [3.63, 3.8) is 0 Å². The number of hydrogen-bond donors (Lipinski definition) is 0. The molecule has 0 aliphatic carbocycles. The quantitative estimate of drug-likeness (QED) is 0.790. The molecule has 2 aromatic heterocycles.